The van der Waals surface area contributed by atoms with E-state index in [1.165, 1.54) is 0 Å². The van der Waals surface area contributed by atoms with E-state index in [0.717, 1.165) is 11.3 Å². The summed E-state index contributed by atoms with van der Waals surface area (Å²) < 4.78 is 11.8. The Bertz CT molecular complexity index is 648. The molecule has 0 saturated carbocycles. The van der Waals surface area contributed by atoms with Crippen LogP contribution in [-0.2, 0) is 0 Å². The lowest BCUT2D eigenvalue weighted by Crippen LogP contribution is -2.43. The minimum Gasteiger partial charge on any atom is -0.542 e. The van der Waals surface area contributed by atoms with E-state index < -0.39 is 8.32 Å². The molecule has 23 heavy (non-hydrogen) atoms. The minimum atomic E-state index is -1.94. The van der Waals surface area contributed by atoms with E-state index >= 15 is 0 Å². The molecule has 2 radical (unpaired) electrons. The van der Waals surface area contributed by atoms with E-state index in [1.807, 2.05) is 48.5 Å². The van der Waals surface area contributed by atoms with Crippen LogP contribution in [0.3, 0.4) is 0 Å². The Kier molecular flexibility index (Phi) is 5.43. The average molecular weight is 347 g/mol. The van der Waals surface area contributed by atoms with Crippen LogP contribution in [0.2, 0.25) is 23.2 Å². The second-order valence-electron chi connectivity index (χ2n) is 7.02. The Morgan fingerprint density at radius 1 is 1.00 bits per heavy atom. The van der Waals surface area contributed by atoms with Crippen molar-refractivity contribution in [2.24, 2.45) is 0 Å². The zero-order chi connectivity index (χ0) is 17.1. The molecule has 0 aliphatic heterocycles. The Hall–Kier alpha value is -1.45. The van der Waals surface area contributed by atoms with Crippen molar-refractivity contribution in [3.05, 3.63) is 65.7 Å². The molecule has 0 unspecified atom stereocenters. The van der Waals surface area contributed by atoms with Gasteiger partial charge in [0.2, 0.25) is 6.61 Å². The normalized spacial score (nSPS) is 12.1. The maximum Gasteiger partial charge on any atom is 0.250 e. The molecule has 0 amide bonds. The Morgan fingerprint density at radius 2 is 1.65 bits per heavy atom. The third-order valence-electron chi connectivity index (χ3n) is 4.13. The first-order chi connectivity index (χ1) is 10.7. The Morgan fingerprint density at radius 3 is 2.26 bits per heavy atom. The van der Waals surface area contributed by atoms with Crippen LogP contribution in [0, 0.1) is 6.61 Å². The first kappa shape index (κ1) is 17.9. The van der Waals surface area contributed by atoms with Gasteiger partial charge in [0.25, 0.3) is 8.32 Å². The molecule has 0 aliphatic carbocycles. The zero-order valence-corrected chi connectivity index (χ0v) is 16.1. The van der Waals surface area contributed by atoms with Crippen LogP contribution >= 0.6 is 11.6 Å². The number of hydrogen-bond acceptors (Lipinski definition) is 2. The predicted molar refractivity (Wildman–Crippen MR) is 98.7 cm³/mol. The third kappa shape index (κ3) is 4.76. The van der Waals surface area contributed by atoms with Gasteiger partial charge < -0.3 is 9.16 Å². The van der Waals surface area contributed by atoms with Crippen molar-refractivity contribution in [1.82, 2.24) is 0 Å². The van der Waals surface area contributed by atoms with Gasteiger partial charge in [0.1, 0.15) is 11.5 Å². The summed E-state index contributed by atoms with van der Waals surface area (Å²) in [5, 5.41) is 0.723. The maximum absolute atomic E-state index is 6.30. The molecule has 0 bridgehead atoms. The summed E-state index contributed by atoms with van der Waals surface area (Å²) in [7, 11) is -1.94. The van der Waals surface area contributed by atoms with Crippen molar-refractivity contribution in [3.63, 3.8) is 0 Å². The average Bonchev–Trinajstić information content (AvgIpc) is 2.48. The molecule has 122 valence electrons. The van der Waals surface area contributed by atoms with E-state index in [2.05, 4.69) is 40.5 Å². The van der Waals surface area contributed by atoms with Crippen LogP contribution < -0.4 is 9.16 Å². The number of rotatable bonds is 5. The number of hydrogen-bond donors (Lipinski definition) is 0. The van der Waals surface area contributed by atoms with Gasteiger partial charge in [-0.3, -0.25) is 0 Å². The van der Waals surface area contributed by atoms with Crippen molar-refractivity contribution in [2.45, 2.75) is 38.9 Å². The summed E-state index contributed by atoms with van der Waals surface area (Å²) in [6, 6.07) is 15.1. The van der Waals surface area contributed by atoms with Crippen LogP contribution in [0.25, 0.3) is 0 Å². The van der Waals surface area contributed by atoms with E-state index in [-0.39, 0.29) is 5.04 Å². The third-order valence-corrected chi connectivity index (χ3v) is 8.79. The molecule has 0 heterocycles. The smallest absolute Gasteiger partial charge is 0.250 e. The molecule has 2 nitrogen and oxygen atoms in total. The van der Waals surface area contributed by atoms with Crippen molar-refractivity contribution in [2.75, 3.05) is 0 Å². The summed E-state index contributed by atoms with van der Waals surface area (Å²) in [6.45, 7) is 13.9. The number of benzene rings is 2. The summed E-state index contributed by atoms with van der Waals surface area (Å²) in [6.07, 6.45) is 0. The Labute approximate surface area is 145 Å². The van der Waals surface area contributed by atoms with Crippen molar-refractivity contribution in [3.8, 4) is 11.5 Å². The first-order valence-electron chi connectivity index (χ1n) is 7.65. The van der Waals surface area contributed by atoms with Gasteiger partial charge in [-0.2, -0.15) is 0 Å². The lowest BCUT2D eigenvalue weighted by atomic mass is 10.2. The standard InChI is InChI=1S/C19H23ClO2Si/c1-19(2,3)23(4,5)22-18-13-15(11-12-17(18)20)14-21-16-9-7-6-8-10-16/h6-13H,1-5H3. The minimum absolute atomic E-state index is 0.111. The topological polar surface area (TPSA) is 18.5 Å². The fourth-order valence-electron chi connectivity index (χ4n) is 1.68. The van der Waals surface area contributed by atoms with Crippen molar-refractivity contribution in [1.29, 1.82) is 0 Å². The quantitative estimate of drug-likeness (QED) is 0.601. The van der Waals surface area contributed by atoms with E-state index in [9.17, 15) is 0 Å². The predicted octanol–water partition coefficient (Wildman–Crippen LogP) is 6.19. The molecule has 2 aromatic carbocycles. The van der Waals surface area contributed by atoms with Crippen LogP contribution in [0.15, 0.2) is 48.5 Å². The van der Waals surface area contributed by atoms with Gasteiger partial charge in [0, 0.05) is 5.56 Å². The molecule has 0 atom stereocenters. The number of para-hydroxylation sites is 1. The van der Waals surface area contributed by atoms with Gasteiger partial charge in [0.05, 0.1) is 5.02 Å². The second kappa shape index (κ2) is 6.98. The Balaban J connectivity index is 2.13. The van der Waals surface area contributed by atoms with Crippen molar-refractivity contribution >= 4 is 19.9 Å². The first-order valence-corrected chi connectivity index (χ1v) is 10.9. The van der Waals surface area contributed by atoms with Gasteiger partial charge in [-0.1, -0.05) is 56.6 Å². The van der Waals surface area contributed by atoms with Crippen LogP contribution in [0.5, 0.6) is 11.5 Å². The summed E-state index contributed by atoms with van der Waals surface area (Å²) in [4.78, 5) is 0. The highest BCUT2D eigenvalue weighted by molar-refractivity contribution is 6.74. The largest absolute Gasteiger partial charge is 0.542 e. The fraction of sp³-hybridized carbons (Fsp3) is 0.316. The van der Waals surface area contributed by atoms with Gasteiger partial charge in [-0.25, -0.2) is 0 Å². The molecule has 0 aliphatic rings. The zero-order valence-electron chi connectivity index (χ0n) is 14.3. The molecule has 2 rings (SSSR count). The highest BCUT2D eigenvalue weighted by Crippen LogP contribution is 2.39. The summed E-state index contributed by atoms with van der Waals surface area (Å²) >= 11 is 6.30. The molecule has 0 N–H and O–H groups in total. The van der Waals surface area contributed by atoms with Crippen LogP contribution in [0.4, 0.5) is 0 Å². The van der Waals surface area contributed by atoms with Gasteiger partial charge in [-0.05, 0) is 42.4 Å². The fourth-order valence-corrected chi connectivity index (χ4v) is 2.93. The van der Waals surface area contributed by atoms with E-state index in [0.29, 0.717) is 10.8 Å². The molecule has 0 saturated heterocycles. The lowest BCUT2D eigenvalue weighted by Gasteiger charge is -2.36. The molecule has 0 aromatic heterocycles. The SMILES string of the molecule is CC(C)(C)[Si](C)(C)Oc1cc([C]Oc2ccccc2)ccc1Cl. The molecular weight excluding hydrogens is 324 g/mol. The second-order valence-corrected chi connectivity index (χ2v) is 12.2. The van der Waals surface area contributed by atoms with Crippen molar-refractivity contribution < 1.29 is 9.16 Å². The lowest BCUT2D eigenvalue weighted by molar-refractivity contribution is 0.427. The maximum atomic E-state index is 6.30. The molecule has 0 spiro atoms. The molecule has 4 heteroatoms. The van der Waals surface area contributed by atoms with Crippen LogP contribution in [-0.4, -0.2) is 8.32 Å². The highest BCUT2D eigenvalue weighted by atomic mass is 35.5. The molecule has 2 aromatic rings. The van der Waals surface area contributed by atoms with Crippen LogP contribution in [0.1, 0.15) is 26.3 Å². The number of halogens is 1. The molecule has 0 fully saturated rings. The van der Waals surface area contributed by atoms with E-state index in [4.69, 9.17) is 20.8 Å². The van der Waals surface area contributed by atoms with Gasteiger partial charge in [0.15, 0.2) is 0 Å². The van der Waals surface area contributed by atoms with E-state index in [1.54, 1.807) is 0 Å². The molecular formula is C19H23ClO2Si. The summed E-state index contributed by atoms with van der Waals surface area (Å²) in [5.74, 6) is 1.44. The summed E-state index contributed by atoms with van der Waals surface area (Å²) in [5.41, 5.74) is 0.798. The van der Waals surface area contributed by atoms with Gasteiger partial charge >= 0.3 is 0 Å². The monoisotopic (exact) mass is 346 g/mol. The number of ether oxygens (including phenoxy) is 1. The van der Waals surface area contributed by atoms with Gasteiger partial charge in [-0.15, -0.1) is 0 Å². The highest BCUT2D eigenvalue weighted by Gasteiger charge is 2.39.